The molecule has 0 unspecified atom stereocenters. The van der Waals surface area contributed by atoms with Crippen LogP contribution in [0.4, 0.5) is 5.82 Å². The molecule has 1 heterocycles. The summed E-state index contributed by atoms with van der Waals surface area (Å²) in [5.74, 6) is 0.0224. The molecule has 0 aliphatic rings. The van der Waals surface area contributed by atoms with E-state index < -0.39 is 16.0 Å². The molecule has 9 heteroatoms. The molecule has 3 aromatic rings. The third kappa shape index (κ3) is 4.81. The molecule has 0 fully saturated rings. The number of ether oxygens (including phenoxy) is 1. The molecule has 28 heavy (non-hydrogen) atoms. The van der Waals surface area contributed by atoms with Crippen molar-refractivity contribution in [2.45, 2.75) is 24.8 Å². The number of nitrogen functional groups attached to an aromatic ring is 1. The highest BCUT2D eigenvalue weighted by atomic mass is 32.2. The smallest absolute Gasteiger partial charge is 0.307 e. The Hall–Kier alpha value is -3.04. The number of nitrogens with two attached hydrogens (primary N) is 1. The standard InChI is InChI=1S/C19H20N4O4S/c1-13-6-8-14(9-7-13)28(25,26)21-11-10-18(24)27-12-17-22-16-5-3-2-4-15(16)19(20)23-17/h2-9,21H,10-12H2,1H3,(H2,20,22,23). The second-order valence-corrected chi connectivity index (χ2v) is 7.93. The zero-order valence-corrected chi connectivity index (χ0v) is 16.1. The number of anilines is 1. The Kier molecular flexibility index (Phi) is 5.86. The number of benzene rings is 2. The number of sulfonamides is 1. The van der Waals surface area contributed by atoms with Crippen LogP contribution in [0.2, 0.25) is 0 Å². The van der Waals surface area contributed by atoms with Gasteiger partial charge in [0.25, 0.3) is 0 Å². The lowest BCUT2D eigenvalue weighted by molar-refractivity contribution is -0.145. The van der Waals surface area contributed by atoms with Gasteiger partial charge in [0.15, 0.2) is 12.4 Å². The van der Waals surface area contributed by atoms with Crippen LogP contribution in [-0.4, -0.2) is 30.9 Å². The number of carbonyl (C=O) groups is 1. The van der Waals surface area contributed by atoms with Crippen molar-refractivity contribution in [1.82, 2.24) is 14.7 Å². The van der Waals surface area contributed by atoms with E-state index in [4.69, 9.17) is 10.5 Å². The molecule has 2 aromatic carbocycles. The molecule has 0 amide bonds. The molecule has 0 spiro atoms. The molecule has 0 aliphatic heterocycles. The highest BCUT2D eigenvalue weighted by Crippen LogP contribution is 2.17. The van der Waals surface area contributed by atoms with Crippen LogP contribution in [0.1, 0.15) is 17.8 Å². The van der Waals surface area contributed by atoms with Gasteiger partial charge in [-0.25, -0.2) is 23.1 Å². The number of hydrogen-bond donors (Lipinski definition) is 2. The number of carbonyl (C=O) groups excluding carboxylic acids is 1. The molecule has 0 atom stereocenters. The van der Waals surface area contributed by atoms with Crippen LogP contribution in [0.3, 0.4) is 0 Å². The molecule has 0 saturated carbocycles. The number of aryl methyl sites for hydroxylation is 1. The molecule has 146 valence electrons. The largest absolute Gasteiger partial charge is 0.457 e. The van der Waals surface area contributed by atoms with Gasteiger partial charge in [0.1, 0.15) is 5.82 Å². The van der Waals surface area contributed by atoms with E-state index in [9.17, 15) is 13.2 Å². The van der Waals surface area contributed by atoms with E-state index in [2.05, 4.69) is 14.7 Å². The van der Waals surface area contributed by atoms with E-state index >= 15 is 0 Å². The van der Waals surface area contributed by atoms with Crippen LogP contribution in [-0.2, 0) is 26.2 Å². The van der Waals surface area contributed by atoms with E-state index in [1.807, 2.05) is 19.1 Å². The molecule has 1 aromatic heterocycles. The summed E-state index contributed by atoms with van der Waals surface area (Å²) in [5, 5.41) is 0.725. The lowest BCUT2D eigenvalue weighted by Crippen LogP contribution is -2.26. The topological polar surface area (TPSA) is 124 Å². The lowest BCUT2D eigenvalue weighted by Gasteiger charge is -2.08. The summed E-state index contributed by atoms with van der Waals surface area (Å²) >= 11 is 0. The molecule has 0 bridgehead atoms. The lowest BCUT2D eigenvalue weighted by atomic mass is 10.2. The first kappa shape index (κ1) is 19.7. The van der Waals surface area contributed by atoms with Gasteiger partial charge in [-0.05, 0) is 31.2 Å². The third-order valence-electron chi connectivity index (χ3n) is 3.99. The SMILES string of the molecule is Cc1ccc(S(=O)(=O)NCCC(=O)OCc2nc(N)c3ccccc3n2)cc1. The van der Waals surface area contributed by atoms with Crippen molar-refractivity contribution >= 4 is 32.7 Å². The fourth-order valence-corrected chi connectivity index (χ4v) is 3.55. The summed E-state index contributed by atoms with van der Waals surface area (Å²) in [6.07, 6.45) is -0.117. The Morgan fingerprint density at radius 3 is 2.57 bits per heavy atom. The second kappa shape index (κ2) is 8.32. The monoisotopic (exact) mass is 400 g/mol. The van der Waals surface area contributed by atoms with Crippen LogP contribution in [0.15, 0.2) is 53.4 Å². The number of rotatable bonds is 7. The quantitative estimate of drug-likeness (QED) is 0.581. The van der Waals surface area contributed by atoms with E-state index in [0.717, 1.165) is 10.9 Å². The third-order valence-corrected chi connectivity index (χ3v) is 5.47. The zero-order chi connectivity index (χ0) is 20.1. The normalized spacial score (nSPS) is 11.5. The molecule has 0 aliphatic carbocycles. The first-order valence-corrected chi connectivity index (χ1v) is 10.1. The maximum absolute atomic E-state index is 12.2. The van der Waals surface area contributed by atoms with Crippen molar-refractivity contribution in [3.05, 3.63) is 59.9 Å². The van der Waals surface area contributed by atoms with Gasteiger partial charge in [0.2, 0.25) is 10.0 Å². The van der Waals surface area contributed by atoms with Crippen LogP contribution in [0.25, 0.3) is 10.9 Å². The molecule has 3 rings (SSSR count). The molecule has 0 radical (unpaired) electrons. The average Bonchev–Trinajstić information content (AvgIpc) is 2.67. The minimum atomic E-state index is -3.67. The molecule has 8 nitrogen and oxygen atoms in total. The maximum Gasteiger partial charge on any atom is 0.307 e. The van der Waals surface area contributed by atoms with E-state index in [-0.39, 0.29) is 30.3 Å². The van der Waals surface area contributed by atoms with E-state index in [1.54, 1.807) is 24.3 Å². The van der Waals surface area contributed by atoms with Crippen molar-refractivity contribution in [1.29, 1.82) is 0 Å². The number of para-hydroxylation sites is 1. The molecular weight excluding hydrogens is 380 g/mol. The molecule has 0 saturated heterocycles. The maximum atomic E-state index is 12.2. The van der Waals surface area contributed by atoms with Crippen molar-refractivity contribution in [3.63, 3.8) is 0 Å². The highest BCUT2D eigenvalue weighted by molar-refractivity contribution is 7.89. The summed E-state index contributed by atoms with van der Waals surface area (Å²) in [4.78, 5) is 20.4. The molecule has 3 N–H and O–H groups in total. The fraction of sp³-hybridized carbons (Fsp3) is 0.211. The van der Waals surface area contributed by atoms with Gasteiger partial charge < -0.3 is 10.5 Å². The Labute approximate surface area is 162 Å². The van der Waals surface area contributed by atoms with Crippen LogP contribution >= 0.6 is 0 Å². The summed E-state index contributed by atoms with van der Waals surface area (Å²) in [7, 11) is -3.67. The molecular formula is C19H20N4O4S. The number of aromatic nitrogens is 2. The van der Waals surface area contributed by atoms with Crippen LogP contribution in [0, 0.1) is 6.92 Å². The van der Waals surface area contributed by atoms with Crippen molar-refractivity contribution < 1.29 is 17.9 Å². The minimum absolute atomic E-state index is 0.0737. The van der Waals surface area contributed by atoms with Gasteiger partial charge in [0, 0.05) is 11.9 Å². The highest BCUT2D eigenvalue weighted by Gasteiger charge is 2.14. The Bertz CT molecular complexity index is 1100. The average molecular weight is 400 g/mol. The van der Waals surface area contributed by atoms with Gasteiger partial charge in [-0.3, -0.25) is 4.79 Å². The number of fused-ring (bicyclic) bond motifs is 1. The number of hydrogen-bond acceptors (Lipinski definition) is 7. The summed E-state index contributed by atoms with van der Waals surface area (Å²) < 4.78 is 31.8. The Morgan fingerprint density at radius 1 is 1.11 bits per heavy atom. The predicted octanol–water partition coefficient (Wildman–Crippen LogP) is 1.93. The minimum Gasteiger partial charge on any atom is -0.457 e. The van der Waals surface area contributed by atoms with E-state index in [0.29, 0.717) is 11.3 Å². The summed E-state index contributed by atoms with van der Waals surface area (Å²) in [6.45, 7) is 1.65. The second-order valence-electron chi connectivity index (χ2n) is 6.16. The van der Waals surface area contributed by atoms with Crippen LogP contribution < -0.4 is 10.5 Å². The van der Waals surface area contributed by atoms with Crippen molar-refractivity contribution in [3.8, 4) is 0 Å². The zero-order valence-electron chi connectivity index (χ0n) is 15.3. The fourth-order valence-electron chi connectivity index (χ4n) is 2.52. The van der Waals surface area contributed by atoms with Crippen molar-refractivity contribution in [2.24, 2.45) is 0 Å². The van der Waals surface area contributed by atoms with Crippen LogP contribution in [0.5, 0.6) is 0 Å². The van der Waals surface area contributed by atoms with Gasteiger partial charge in [-0.2, -0.15) is 0 Å². The first-order valence-electron chi connectivity index (χ1n) is 8.58. The number of esters is 1. The summed E-state index contributed by atoms with van der Waals surface area (Å²) in [6, 6.07) is 13.7. The van der Waals surface area contributed by atoms with Gasteiger partial charge in [-0.15, -0.1) is 0 Å². The van der Waals surface area contributed by atoms with Gasteiger partial charge in [0.05, 0.1) is 16.8 Å². The first-order chi connectivity index (χ1) is 13.3. The number of nitrogens with zero attached hydrogens (tertiary/aromatic N) is 2. The number of nitrogens with one attached hydrogen (secondary N) is 1. The van der Waals surface area contributed by atoms with Gasteiger partial charge >= 0.3 is 5.97 Å². The van der Waals surface area contributed by atoms with E-state index in [1.165, 1.54) is 12.1 Å². The van der Waals surface area contributed by atoms with Gasteiger partial charge in [-0.1, -0.05) is 29.8 Å². The Morgan fingerprint density at radius 2 is 1.82 bits per heavy atom. The summed E-state index contributed by atoms with van der Waals surface area (Å²) in [5.41, 5.74) is 7.50. The Balaban J connectivity index is 1.51. The predicted molar refractivity (Wildman–Crippen MR) is 105 cm³/mol. The van der Waals surface area contributed by atoms with Crippen molar-refractivity contribution in [2.75, 3.05) is 12.3 Å².